The fraction of sp³-hybridized carbons (Fsp3) is 0.500. The molecule has 1 aromatic rings. The molecule has 0 saturated carbocycles. The first-order chi connectivity index (χ1) is 6.13. The van der Waals surface area contributed by atoms with Crippen molar-refractivity contribution in [2.45, 2.75) is 12.6 Å². The van der Waals surface area contributed by atoms with Crippen LogP contribution in [0.3, 0.4) is 0 Å². The Kier molecular flexibility index (Phi) is 2.80. The van der Waals surface area contributed by atoms with Crippen LogP contribution in [-0.4, -0.2) is 34.1 Å². The number of hydrogen-bond donors (Lipinski definition) is 2. The fourth-order valence-corrected chi connectivity index (χ4v) is 0.801. The number of anilines is 1. The molecule has 0 aliphatic heterocycles. The van der Waals surface area contributed by atoms with E-state index in [0.29, 0.717) is 0 Å². The molecule has 0 fully saturated rings. The van der Waals surface area contributed by atoms with Gasteiger partial charge < -0.3 is 16.2 Å². The second-order valence-electron chi connectivity index (χ2n) is 2.45. The molecule has 0 aliphatic carbocycles. The maximum Gasteiger partial charge on any atom is 0.324 e. The SMILES string of the molecule is COC(=O)C(N)Cn1ncc(N)n1. The van der Waals surface area contributed by atoms with Crippen molar-refractivity contribution in [1.82, 2.24) is 15.0 Å². The van der Waals surface area contributed by atoms with E-state index < -0.39 is 12.0 Å². The molecule has 0 aliphatic rings. The van der Waals surface area contributed by atoms with Crippen molar-refractivity contribution in [3.8, 4) is 0 Å². The zero-order chi connectivity index (χ0) is 9.84. The summed E-state index contributed by atoms with van der Waals surface area (Å²) < 4.78 is 4.43. The fourth-order valence-electron chi connectivity index (χ4n) is 0.801. The first kappa shape index (κ1) is 9.46. The van der Waals surface area contributed by atoms with Crippen molar-refractivity contribution < 1.29 is 9.53 Å². The van der Waals surface area contributed by atoms with Crippen molar-refractivity contribution in [2.75, 3.05) is 12.8 Å². The first-order valence-corrected chi connectivity index (χ1v) is 3.62. The molecular formula is C6H11N5O2. The average Bonchev–Trinajstić information content (AvgIpc) is 2.49. The smallest absolute Gasteiger partial charge is 0.324 e. The lowest BCUT2D eigenvalue weighted by Crippen LogP contribution is -2.36. The van der Waals surface area contributed by atoms with Gasteiger partial charge in [0.25, 0.3) is 0 Å². The van der Waals surface area contributed by atoms with E-state index in [9.17, 15) is 4.79 Å². The van der Waals surface area contributed by atoms with Gasteiger partial charge in [0, 0.05) is 0 Å². The maximum atomic E-state index is 10.9. The van der Waals surface area contributed by atoms with Crippen LogP contribution in [0.1, 0.15) is 0 Å². The van der Waals surface area contributed by atoms with E-state index in [1.54, 1.807) is 0 Å². The molecule has 7 heteroatoms. The summed E-state index contributed by atoms with van der Waals surface area (Å²) in [5, 5.41) is 7.53. The van der Waals surface area contributed by atoms with Crippen molar-refractivity contribution >= 4 is 11.8 Å². The van der Waals surface area contributed by atoms with Crippen LogP contribution in [0.2, 0.25) is 0 Å². The minimum absolute atomic E-state index is 0.157. The molecule has 0 amide bonds. The highest BCUT2D eigenvalue weighted by Crippen LogP contribution is 1.93. The molecular weight excluding hydrogens is 174 g/mol. The monoisotopic (exact) mass is 185 g/mol. The van der Waals surface area contributed by atoms with Crippen LogP contribution in [-0.2, 0) is 16.1 Å². The Hall–Kier alpha value is -1.63. The molecule has 1 atom stereocenters. The van der Waals surface area contributed by atoms with Gasteiger partial charge in [-0.1, -0.05) is 0 Å². The quantitative estimate of drug-likeness (QED) is 0.546. The predicted octanol–water partition coefficient (Wildman–Crippen LogP) is -1.64. The third-order valence-electron chi connectivity index (χ3n) is 1.42. The second-order valence-corrected chi connectivity index (χ2v) is 2.45. The van der Waals surface area contributed by atoms with Gasteiger partial charge in [-0.15, -0.1) is 5.10 Å². The van der Waals surface area contributed by atoms with Crippen molar-refractivity contribution in [3.63, 3.8) is 0 Å². The molecule has 4 N–H and O–H groups in total. The maximum absolute atomic E-state index is 10.9. The zero-order valence-corrected chi connectivity index (χ0v) is 7.17. The molecule has 0 saturated heterocycles. The number of esters is 1. The molecule has 1 unspecified atom stereocenters. The molecule has 0 spiro atoms. The summed E-state index contributed by atoms with van der Waals surface area (Å²) in [7, 11) is 1.27. The highest BCUT2D eigenvalue weighted by molar-refractivity contribution is 5.75. The van der Waals surface area contributed by atoms with Gasteiger partial charge in [-0.3, -0.25) is 4.79 Å². The van der Waals surface area contributed by atoms with Crippen LogP contribution in [0, 0.1) is 0 Å². The van der Waals surface area contributed by atoms with Crippen LogP contribution in [0.25, 0.3) is 0 Å². The summed E-state index contributed by atoms with van der Waals surface area (Å²) >= 11 is 0. The van der Waals surface area contributed by atoms with Crippen molar-refractivity contribution in [1.29, 1.82) is 0 Å². The van der Waals surface area contributed by atoms with Gasteiger partial charge in [0.2, 0.25) is 0 Å². The summed E-state index contributed by atoms with van der Waals surface area (Å²) in [4.78, 5) is 12.1. The molecule has 72 valence electrons. The molecule has 7 nitrogen and oxygen atoms in total. The minimum Gasteiger partial charge on any atom is -0.468 e. The van der Waals surface area contributed by atoms with E-state index in [4.69, 9.17) is 11.5 Å². The van der Waals surface area contributed by atoms with Crippen LogP contribution in [0.4, 0.5) is 5.82 Å². The van der Waals surface area contributed by atoms with E-state index in [1.807, 2.05) is 0 Å². The predicted molar refractivity (Wildman–Crippen MR) is 44.4 cm³/mol. The van der Waals surface area contributed by atoms with E-state index in [-0.39, 0.29) is 12.4 Å². The van der Waals surface area contributed by atoms with Crippen LogP contribution in [0.5, 0.6) is 0 Å². The zero-order valence-electron chi connectivity index (χ0n) is 7.17. The summed E-state index contributed by atoms with van der Waals surface area (Å²) in [5.74, 6) is -0.215. The number of carbonyl (C=O) groups is 1. The summed E-state index contributed by atoms with van der Waals surface area (Å²) in [6, 6.07) is -0.767. The van der Waals surface area contributed by atoms with E-state index in [0.717, 1.165) is 0 Å². The number of carbonyl (C=O) groups excluding carboxylic acids is 1. The molecule has 0 radical (unpaired) electrons. The van der Waals surface area contributed by atoms with E-state index in [1.165, 1.54) is 18.1 Å². The Morgan fingerprint density at radius 2 is 2.54 bits per heavy atom. The second kappa shape index (κ2) is 3.85. The number of rotatable bonds is 3. The van der Waals surface area contributed by atoms with Gasteiger partial charge in [0.15, 0.2) is 5.82 Å². The van der Waals surface area contributed by atoms with Gasteiger partial charge in [-0.05, 0) is 0 Å². The molecule has 1 heterocycles. The Morgan fingerprint density at radius 1 is 1.85 bits per heavy atom. The molecule has 0 bridgehead atoms. The summed E-state index contributed by atoms with van der Waals surface area (Å²) in [6.07, 6.45) is 1.38. The Bertz CT molecular complexity index is 297. The largest absolute Gasteiger partial charge is 0.468 e. The summed E-state index contributed by atoms with van der Waals surface area (Å²) in [5.41, 5.74) is 10.8. The average molecular weight is 185 g/mol. The van der Waals surface area contributed by atoms with Gasteiger partial charge >= 0.3 is 5.97 Å². The minimum atomic E-state index is -0.767. The Morgan fingerprint density at radius 3 is 3.00 bits per heavy atom. The molecule has 1 rings (SSSR count). The third-order valence-corrected chi connectivity index (χ3v) is 1.42. The van der Waals surface area contributed by atoms with E-state index >= 15 is 0 Å². The highest BCUT2D eigenvalue weighted by atomic mass is 16.5. The number of ether oxygens (including phenoxy) is 1. The highest BCUT2D eigenvalue weighted by Gasteiger charge is 2.14. The number of nitrogens with two attached hydrogens (primary N) is 2. The topological polar surface area (TPSA) is 109 Å². The van der Waals surface area contributed by atoms with Crippen LogP contribution >= 0.6 is 0 Å². The Balaban J connectivity index is 2.54. The normalized spacial score (nSPS) is 12.5. The number of hydrogen-bond acceptors (Lipinski definition) is 6. The Labute approximate surface area is 74.6 Å². The first-order valence-electron chi connectivity index (χ1n) is 3.62. The van der Waals surface area contributed by atoms with Crippen LogP contribution < -0.4 is 11.5 Å². The van der Waals surface area contributed by atoms with Crippen LogP contribution in [0.15, 0.2) is 6.20 Å². The molecule has 0 aromatic carbocycles. The number of nitrogens with zero attached hydrogens (tertiary/aromatic N) is 3. The molecule has 1 aromatic heterocycles. The van der Waals surface area contributed by atoms with Gasteiger partial charge in [0.1, 0.15) is 6.04 Å². The lowest BCUT2D eigenvalue weighted by molar-refractivity contribution is -0.142. The van der Waals surface area contributed by atoms with E-state index in [2.05, 4.69) is 14.9 Å². The third kappa shape index (κ3) is 2.41. The number of aromatic nitrogens is 3. The standard InChI is InChI=1S/C6H11N5O2/c1-13-6(12)4(7)3-11-9-2-5(8)10-11/h2,4H,3,7H2,1H3,(H2,8,10). The van der Waals surface area contributed by atoms with Gasteiger partial charge in [-0.2, -0.15) is 9.90 Å². The number of nitrogen functional groups attached to an aromatic ring is 1. The number of methoxy groups -OCH3 is 1. The van der Waals surface area contributed by atoms with Gasteiger partial charge in [-0.25, -0.2) is 0 Å². The van der Waals surface area contributed by atoms with Gasteiger partial charge in [0.05, 0.1) is 19.9 Å². The van der Waals surface area contributed by atoms with Crippen molar-refractivity contribution in [3.05, 3.63) is 6.20 Å². The lowest BCUT2D eigenvalue weighted by Gasteiger charge is -2.07. The lowest BCUT2D eigenvalue weighted by atomic mass is 10.3. The molecule has 13 heavy (non-hydrogen) atoms. The van der Waals surface area contributed by atoms with Crippen molar-refractivity contribution in [2.24, 2.45) is 5.73 Å². The summed E-state index contributed by atoms with van der Waals surface area (Å²) in [6.45, 7) is 0.157.